The van der Waals surface area contributed by atoms with Gasteiger partial charge in [-0.15, -0.1) is 0 Å². The van der Waals surface area contributed by atoms with Crippen LogP contribution in [0.15, 0.2) is 18.5 Å². The fraction of sp³-hybridized carbons (Fsp3) is 0.684. The van der Waals surface area contributed by atoms with Crippen LogP contribution in [0.25, 0.3) is 0 Å². The molecule has 3 rings (SSSR count). The van der Waals surface area contributed by atoms with E-state index in [1.807, 2.05) is 12.3 Å². The number of carboxylic acids is 1. The number of ether oxygens (including phenoxy) is 2. The molecule has 1 aliphatic carbocycles. The highest BCUT2D eigenvalue weighted by Gasteiger charge is 2.22. The van der Waals surface area contributed by atoms with Crippen molar-refractivity contribution in [3.8, 4) is 5.75 Å². The highest BCUT2D eigenvalue weighted by Crippen LogP contribution is 2.26. The van der Waals surface area contributed by atoms with Gasteiger partial charge in [0.2, 0.25) is 0 Å². The minimum atomic E-state index is -0.777. The average molecular weight is 383 g/mol. The first-order valence-electron chi connectivity index (χ1n) is 9.37. The van der Waals surface area contributed by atoms with Crippen LogP contribution in [0.5, 0.6) is 5.75 Å². The van der Waals surface area contributed by atoms with E-state index in [4.69, 9.17) is 14.6 Å². The van der Waals surface area contributed by atoms with Crippen molar-refractivity contribution in [3.05, 3.63) is 18.5 Å². The predicted molar refractivity (Wildman–Crippen MR) is 106 cm³/mol. The highest BCUT2D eigenvalue weighted by atomic mass is 32.1. The first kappa shape index (κ1) is 20.8. The Balaban J connectivity index is 0.00000243. The number of pyridine rings is 1. The molecule has 0 amide bonds. The second-order valence-electron chi connectivity index (χ2n) is 7.07. The van der Waals surface area contributed by atoms with E-state index in [1.165, 1.54) is 32.1 Å². The average Bonchev–Trinajstić information content (AvgIpc) is 2.66. The van der Waals surface area contributed by atoms with Crippen LogP contribution in [0, 0.1) is 5.92 Å². The molecule has 2 heterocycles. The number of hydrogen-bond acceptors (Lipinski definition) is 5. The van der Waals surface area contributed by atoms with Crippen molar-refractivity contribution in [1.29, 1.82) is 0 Å². The summed E-state index contributed by atoms with van der Waals surface area (Å²) >= 11 is 0. The van der Waals surface area contributed by atoms with Crippen molar-refractivity contribution in [1.82, 2.24) is 4.98 Å². The summed E-state index contributed by atoms with van der Waals surface area (Å²) in [6.07, 6.45) is 10.8. The molecular weight excluding hydrogens is 352 g/mol. The Morgan fingerprint density at radius 1 is 1.31 bits per heavy atom. The Hall–Kier alpha value is -1.47. The van der Waals surface area contributed by atoms with Gasteiger partial charge in [0.15, 0.2) is 0 Å². The van der Waals surface area contributed by atoms with Gasteiger partial charge >= 0.3 is 5.97 Å². The normalized spacial score (nSPS) is 21.1. The van der Waals surface area contributed by atoms with Gasteiger partial charge in [-0.1, -0.05) is 19.3 Å². The van der Waals surface area contributed by atoms with E-state index in [-0.39, 0.29) is 26.0 Å². The van der Waals surface area contributed by atoms with E-state index >= 15 is 0 Å². The third kappa shape index (κ3) is 6.36. The monoisotopic (exact) mass is 382 g/mol. The minimum absolute atomic E-state index is 0. The van der Waals surface area contributed by atoms with E-state index in [0.717, 1.165) is 24.6 Å². The third-order valence-corrected chi connectivity index (χ3v) is 5.09. The van der Waals surface area contributed by atoms with E-state index < -0.39 is 5.97 Å². The van der Waals surface area contributed by atoms with Crippen LogP contribution in [-0.2, 0) is 9.53 Å². The van der Waals surface area contributed by atoms with Crippen molar-refractivity contribution in [2.75, 3.05) is 31.2 Å². The Bertz CT molecular complexity index is 566. The molecule has 146 valence electrons. The molecule has 0 spiro atoms. The lowest BCUT2D eigenvalue weighted by molar-refractivity contribution is -0.137. The van der Waals surface area contributed by atoms with Crippen LogP contribution in [0.4, 0.5) is 5.69 Å². The van der Waals surface area contributed by atoms with Crippen LogP contribution in [0.3, 0.4) is 0 Å². The van der Waals surface area contributed by atoms with E-state index in [9.17, 15) is 4.79 Å². The number of aliphatic carboxylic acids is 1. The molecule has 1 saturated heterocycles. The van der Waals surface area contributed by atoms with Gasteiger partial charge in [-0.3, -0.25) is 9.78 Å². The quantitative estimate of drug-likeness (QED) is 0.781. The Labute approximate surface area is 162 Å². The lowest BCUT2D eigenvalue weighted by Crippen LogP contribution is -2.42. The standard InChI is InChI=1S/C19H28N2O4.H2S/c22-19(23)7-6-17-13-21(8-9-24-17)16-10-18(12-20-11-16)25-14-15-4-2-1-3-5-15;/h10-12,15,17H,1-9,13-14H2,(H,22,23);1H2/t17-;/m0./s1. The first-order chi connectivity index (χ1) is 12.2. The second kappa shape index (κ2) is 10.6. The molecule has 6 nitrogen and oxygen atoms in total. The number of morpholine rings is 1. The van der Waals surface area contributed by atoms with Gasteiger partial charge in [0.05, 0.1) is 37.4 Å². The largest absolute Gasteiger partial charge is 0.492 e. The molecule has 1 aromatic heterocycles. The summed E-state index contributed by atoms with van der Waals surface area (Å²) in [6.45, 7) is 2.87. The molecule has 26 heavy (non-hydrogen) atoms. The van der Waals surface area contributed by atoms with Crippen LogP contribution >= 0.6 is 13.5 Å². The Morgan fingerprint density at radius 3 is 2.88 bits per heavy atom. The topological polar surface area (TPSA) is 71.9 Å². The number of nitrogens with zero attached hydrogens (tertiary/aromatic N) is 2. The zero-order chi connectivity index (χ0) is 17.5. The molecule has 1 saturated carbocycles. The third-order valence-electron chi connectivity index (χ3n) is 5.09. The van der Waals surface area contributed by atoms with E-state index in [2.05, 4.69) is 9.88 Å². The number of carboxylic acid groups (broad SMARTS) is 1. The minimum Gasteiger partial charge on any atom is -0.492 e. The summed E-state index contributed by atoms with van der Waals surface area (Å²) in [6, 6.07) is 2.04. The van der Waals surface area contributed by atoms with Crippen molar-refractivity contribution in [3.63, 3.8) is 0 Å². The van der Waals surface area contributed by atoms with Crippen LogP contribution in [0.1, 0.15) is 44.9 Å². The van der Waals surface area contributed by atoms with E-state index in [0.29, 0.717) is 25.5 Å². The molecule has 1 atom stereocenters. The fourth-order valence-electron chi connectivity index (χ4n) is 3.64. The maximum Gasteiger partial charge on any atom is 0.303 e. The zero-order valence-electron chi connectivity index (χ0n) is 15.2. The van der Waals surface area contributed by atoms with Crippen LogP contribution in [0.2, 0.25) is 0 Å². The molecule has 1 N–H and O–H groups in total. The molecule has 0 aromatic carbocycles. The summed E-state index contributed by atoms with van der Waals surface area (Å²) < 4.78 is 11.7. The molecule has 7 heteroatoms. The zero-order valence-corrected chi connectivity index (χ0v) is 16.2. The van der Waals surface area contributed by atoms with E-state index in [1.54, 1.807) is 6.20 Å². The molecule has 1 aromatic rings. The summed E-state index contributed by atoms with van der Waals surface area (Å²) in [4.78, 5) is 17.3. The first-order valence-corrected chi connectivity index (χ1v) is 9.37. The van der Waals surface area contributed by atoms with Gasteiger partial charge in [-0.05, 0) is 25.2 Å². The Kier molecular flexibility index (Phi) is 8.51. The summed E-state index contributed by atoms with van der Waals surface area (Å²) in [5, 5.41) is 8.83. The van der Waals surface area contributed by atoms with Gasteiger partial charge in [-0.2, -0.15) is 13.5 Å². The molecular formula is C19H30N2O4S. The van der Waals surface area contributed by atoms with Gasteiger partial charge in [-0.25, -0.2) is 0 Å². The maximum absolute atomic E-state index is 10.7. The number of hydrogen-bond donors (Lipinski definition) is 1. The number of anilines is 1. The highest BCUT2D eigenvalue weighted by molar-refractivity contribution is 7.59. The van der Waals surface area contributed by atoms with Gasteiger partial charge in [0, 0.05) is 25.6 Å². The van der Waals surface area contributed by atoms with Crippen molar-refractivity contribution in [2.45, 2.75) is 51.0 Å². The SMILES string of the molecule is O=C(O)CC[C@H]1CN(c2cncc(OCC3CCCCC3)c2)CCO1.S. The van der Waals surface area contributed by atoms with Gasteiger partial charge in [0.25, 0.3) is 0 Å². The molecule has 0 unspecified atom stereocenters. The lowest BCUT2D eigenvalue weighted by Gasteiger charge is -2.34. The summed E-state index contributed by atoms with van der Waals surface area (Å²) in [5.74, 6) is 0.707. The smallest absolute Gasteiger partial charge is 0.303 e. The fourth-order valence-corrected chi connectivity index (χ4v) is 3.64. The molecule has 2 fully saturated rings. The summed E-state index contributed by atoms with van der Waals surface area (Å²) in [7, 11) is 0. The van der Waals surface area contributed by atoms with Crippen LogP contribution < -0.4 is 9.64 Å². The number of rotatable bonds is 7. The number of carbonyl (C=O) groups is 1. The van der Waals surface area contributed by atoms with Crippen LogP contribution in [-0.4, -0.2) is 48.5 Å². The number of aromatic nitrogens is 1. The maximum atomic E-state index is 10.7. The van der Waals surface area contributed by atoms with Crippen molar-refractivity contribution < 1.29 is 19.4 Å². The molecule has 1 aliphatic heterocycles. The van der Waals surface area contributed by atoms with Crippen molar-refractivity contribution >= 4 is 25.2 Å². The second-order valence-corrected chi connectivity index (χ2v) is 7.07. The predicted octanol–water partition coefficient (Wildman–Crippen LogP) is 3.22. The molecule has 0 bridgehead atoms. The van der Waals surface area contributed by atoms with Crippen molar-refractivity contribution in [2.24, 2.45) is 5.92 Å². The molecule has 0 radical (unpaired) electrons. The lowest BCUT2D eigenvalue weighted by atomic mass is 9.90. The summed E-state index contributed by atoms with van der Waals surface area (Å²) in [5.41, 5.74) is 1.02. The van der Waals surface area contributed by atoms with Gasteiger partial charge < -0.3 is 19.5 Å². The molecule has 2 aliphatic rings. The Morgan fingerprint density at radius 2 is 2.12 bits per heavy atom. The van der Waals surface area contributed by atoms with Gasteiger partial charge in [0.1, 0.15) is 5.75 Å².